The van der Waals surface area contributed by atoms with Crippen molar-refractivity contribution >= 4 is 45.9 Å². The highest BCUT2D eigenvalue weighted by Crippen LogP contribution is 2.37. The molecule has 2 N–H and O–H groups in total. The van der Waals surface area contributed by atoms with Gasteiger partial charge in [0.1, 0.15) is 5.69 Å². The number of hydrogen-bond donors (Lipinski definition) is 2. The molecule has 0 radical (unpaired) electrons. The van der Waals surface area contributed by atoms with Crippen molar-refractivity contribution in [2.75, 3.05) is 56.7 Å². The van der Waals surface area contributed by atoms with E-state index in [0.29, 0.717) is 24.0 Å². The third-order valence-corrected chi connectivity index (χ3v) is 7.90. The van der Waals surface area contributed by atoms with Crippen molar-refractivity contribution < 1.29 is 22.7 Å². The Labute approximate surface area is 218 Å². The third kappa shape index (κ3) is 6.46. The Balaban J connectivity index is 1.41. The number of rotatable bonds is 7. The van der Waals surface area contributed by atoms with Gasteiger partial charge in [0, 0.05) is 51.1 Å². The van der Waals surface area contributed by atoms with Crippen molar-refractivity contribution in [3.8, 4) is 0 Å². The van der Waals surface area contributed by atoms with Crippen LogP contribution in [0.3, 0.4) is 0 Å². The monoisotopic (exact) mass is 541 g/mol. The molecule has 0 saturated carbocycles. The molecule has 2 saturated heterocycles. The molecule has 36 heavy (non-hydrogen) atoms. The van der Waals surface area contributed by atoms with Crippen LogP contribution in [0.5, 0.6) is 0 Å². The first kappa shape index (κ1) is 26.6. The van der Waals surface area contributed by atoms with Crippen LogP contribution in [0.1, 0.15) is 52.7 Å². The normalized spacial score (nSPS) is 16.9. The number of amides is 1. The van der Waals surface area contributed by atoms with E-state index in [1.165, 1.54) is 17.4 Å². The summed E-state index contributed by atoms with van der Waals surface area (Å²) >= 11 is 6.86. The number of nitrogens with zero attached hydrogens (tertiary/aromatic N) is 3. The number of carbonyl (C=O) groups excluding carboxylic acids is 1. The SMILES string of the molecule is COCCNC(=S)N1CCC(c2nc(C(=O)Nc3cc(C(F)(F)F)ccc3N3CCCC3)cs2)CC1. The quantitative estimate of drug-likeness (QED) is 0.389. The fourth-order valence-electron chi connectivity index (χ4n) is 4.51. The zero-order valence-corrected chi connectivity index (χ0v) is 21.7. The second-order valence-corrected chi connectivity index (χ2v) is 10.2. The number of likely N-dealkylation sites (tertiary alicyclic amines) is 1. The van der Waals surface area contributed by atoms with Gasteiger partial charge in [-0.1, -0.05) is 0 Å². The summed E-state index contributed by atoms with van der Waals surface area (Å²) in [5, 5.41) is 9.13. The minimum absolute atomic E-state index is 0.161. The molecule has 2 fully saturated rings. The van der Waals surface area contributed by atoms with E-state index in [0.717, 1.165) is 69.0 Å². The topological polar surface area (TPSA) is 69.7 Å². The van der Waals surface area contributed by atoms with E-state index in [-0.39, 0.29) is 17.3 Å². The number of halogens is 3. The lowest BCUT2D eigenvalue weighted by atomic mass is 9.98. The zero-order chi connectivity index (χ0) is 25.7. The number of benzene rings is 1. The number of anilines is 2. The number of thiocarbonyl (C=S) groups is 1. The Kier molecular flexibility index (Phi) is 8.68. The molecule has 12 heteroatoms. The van der Waals surface area contributed by atoms with Crippen molar-refractivity contribution in [2.45, 2.75) is 37.8 Å². The molecule has 7 nitrogen and oxygen atoms in total. The highest BCUT2D eigenvalue weighted by atomic mass is 32.1. The van der Waals surface area contributed by atoms with Crippen LogP contribution >= 0.6 is 23.6 Å². The Morgan fingerprint density at radius 2 is 1.94 bits per heavy atom. The summed E-state index contributed by atoms with van der Waals surface area (Å²) in [5.74, 6) is -0.290. The molecule has 2 aliphatic heterocycles. The van der Waals surface area contributed by atoms with E-state index < -0.39 is 17.6 Å². The van der Waals surface area contributed by atoms with Gasteiger partial charge in [0.2, 0.25) is 0 Å². The van der Waals surface area contributed by atoms with Gasteiger partial charge in [0.15, 0.2) is 5.11 Å². The maximum atomic E-state index is 13.3. The molecular weight excluding hydrogens is 511 g/mol. The highest BCUT2D eigenvalue weighted by Gasteiger charge is 2.32. The zero-order valence-electron chi connectivity index (χ0n) is 20.1. The van der Waals surface area contributed by atoms with Crippen LogP contribution in [0.25, 0.3) is 0 Å². The Morgan fingerprint density at radius 1 is 1.22 bits per heavy atom. The molecular formula is C24H30F3N5O2S2. The van der Waals surface area contributed by atoms with E-state index in [1.54, 1.807) is 12.5 Å². The summed E-state index contributed by atoms with van der Waals surface area (Å²) in [4.78, 5) is 21.7. The third-order valence-electron chi connectivity index (χ3n) is 6.49. The van der Waals surface area contributed by atoms with Crippen molar-refractivity contribution in [2.24, 2.45) is 0 Å². The molecule has 0 bridgehead atoms. The molecule has 3 heterocycles. The van der Waals surface area contributed by atoms with Gasteiger partial charge in [-0.2, -0.15) is 13.2 Å². The number of ether oxygens (including phenoxy) is 1. The Morgan fingerprint density at radius 3 is 2.61 bits per heavy atom. The smallest absolute Gasteiger partial charge is 0.383 e. The molecule has 1 amide bonds. The minimum atomic E-state index is -4.49. The van der Waals surface area contributed by atoms with Gasteiger partial charge in [0.05, 0.1) is 28.6 Å². The van der Waals surface area contributed by atoms with E-state index >= 15 is 0 Å². The van der Waals surface area contributed by atoms with E-state index in [4.69, 9.17) is 17.0 Å². The first-order chi connectivity index (χ1) is 17.3. The van der Waals surface area contributed by atoms with Crippen LogP contribution in [-0.2, 0) is 10.9 Å². The second kappa shape index (κ2) is 11.7. The number of alkyl halides is 3. The second-order valence-electron chi connectivity index (χ2n) is 8.94. The van der Waals surface area contributed by atoms with Crippen LogP contribution < -0.4 is 15.5 Å². The number of thiazole rings is 1. The lowest BCUT2D eigenvalue weighted by Crippen LogP contribution is -2.44. The molecule has 0 aliphatic carbocycles. The fourth-order valence-corrected chi connectivity index (χ4v) is 5.77. The van der Waals surface area contributed by atoms with Crippen LogP contribution in [0, 0.1) is 0 Å². The first-order valence-corrected chi connectivity index (χ1v) is 13.3. The van der Waals surface area contributed by atoms with Crippen molar-refractivity contribution in [3.05, 3.63) is 39.8 Å². The lowest BCUT2D eigenvalue weighted by molar-refractivity contribution is -0.137. The summed E-state index contributed by atoms with van der Waals surface area (Å²) in [6.07, 6.45) is -0.846. The number of piperidine rings is 1. The summed E-state index contributed by atoms with van der Waals surface area (Å²) in [6, 6.07) is 3.52. The minimum Gasteiger partial charge on any atom is -0.383 e. The number of hydrogen-bond acceptors (Lipinski definition) is 6. The van der Waals surface area contributed by atoms with Gasteiger partial charge < -0.3 is 25.2 Å². The average Bonchev–Trinajstić information content (AvgIpc) is 3.56. The van der Waals surface area contributed by atoms with E-state index in [1.807, 2.05) is 4.90 Å². The predicted molar refractivity (Wildman–Crippen MR) is 139 cm³/mol. The van der Waals surface area contributed by atoms with Crippen molar-refractivity contribution in [3.63, 3.8) is 0 Å². The van der Waals surface area contributed by atoms with Gasteiger partial charge >= 0.3 is 6.18 Å². The molecule has 2 aliphatic rings. The van der Waals surface area contributed by atoms with Gasteiger partial charge in [0.25, 0.3) is 5.91 Å². The maximum Gasteiger partial charge on any atom is 0.416 e. The molecule has 1 aromatic carbocycles. The number of aromatic nitrogens is 1. The van der Waals surface area contributed by atoms with Gasteiger partial charge in [-0.15, -0.1) is 11.3 Å². The lowest BCUT2D eigenvalue weighted by Gasteiger charge is -2.33. The summed E-state index contributed by atoms with van der Waals surface area (Å²) in [6.45, 7) is 4.31. The van der Waals surface area contributed by atoms with Gasteiger partial charge in [-0.3, -0.25) is 4.79 Å². The van der Waals surface area contributed by atoms with Crippen LogP contribution in [0.4, 0.5) is 24.5 Å². The highest BCUT2D eigenvalue weighted by molar-refractivity contribution is 7.80. The van der Waals surface area contributed by atoms with E-state index in [9.17, 15) is 18.0 Å². The number of methoxy groups -OCH3 is 1. The Hall–Kier alpha value is -2.44. The molecule has 1 aromatic heterocycles. The van der Waals surface area contributed by atoms with Gasteiger partial charge in [-0.25, -0.2) is 4.98 Å². The van der Waals surface area contributed by atoms with Crippen molar-refractivity contribution in [1.29, 1.82) is 0 Å². The number of nitrogens with one attached hydrogen (secondary N) is 2. The van der Waals surface area contributed by atoms with Crippen LogP contribution in [-0.4, -0.2) is 67.3 Å². The summed E-state index contributed by atoms with van der Waals surface area (Å²) in [7, 11) is 1.64. The molecule has 0 unspecified atom stereocenters. The summed E-state index contributed by atoms with van der Waals surface area (Å²) in [5.41, 5.74) is 0.195. The van der Waals surface area contributed by atoms with Crippen molar-refractivity contribution in [1.82, 2.24) is 15.2 Å². The maximum absolute atomic E-state index is 13.3. The average molecular weight is 542 g/mol. The number of carbonyl (C=O) groups is 1. The van der Waals surface area contributed by atoms with Crippen LogP contribution in [0.15, 0.2) is 23.6 Å². The first-order valence-electron chi connectivity index (χ1n) is 12.0. The predicted octanol–water partition coefficient (Wildman–Crippen LogP) is 4.71. The van der Waals surface area contributed by atoms with Gasteiger partial charge in [-0.05, 0) is 56.1 Å². The van der Waals surface area contributed by atoms with E-state index in [2.05, 4.69) is 20.5 Å². The molecule has 4 rings (SSSR count). The standard InChI is InChI=1S/C24H30F3N5O2S2/c1-34-13-8-28-23(35)32-11-6-16(7-12-32)22-30-19(15-36-22)21(33)29-18-14-17(24(25,26)27)4-5-20(18)31-9-2-3-10-31/h4-5,14-16H,2-3,6-13H2,1H3,(H,28,35)(H,29,33). The van der Waals surface area contributed by atoms with Crippen LogP contribution in [0.2, 0.25) is 0 Å². The molecule has 196 valence electrons. The largest absolute Gasteiger partial charge is 0.416 e. The molecule has 0 spiro atoms. The Bertz CT molecular complexity index is 1060. The summed E-state index contributed by atoms with van der Waals surface area (Å²) < 4.78 is 45.1. The molecule has 0 atom stereocenters. The molecule has 2 aromatic rings. The fraction of sp³-hybridized carbons (Fsp3) is 0.542.